The summed E-state index contributed by atoms with van der Waals surface area (Å²) in [5.74, 6) is 0. The molecule has 0 aliphatic carbocycles. The molecule has 0 aromatic carbocycles. The lowest BCUT2D eigenvalue weighted by Crippen LogP contribution is -2.51. The highest BCUT2D eigenvalue weighted by Gasteiger charge is 2.42. The third-order valence-electron chi connectivity index (χ3n) is 1.85. The van der Waals surface area contributed by atoms with Crippen LogP contribution in [-0.4, -0.2) is 31.8 Å². The summed E-state index contributed by atoms with van der Waals surface area (Å²) in [6.45, 7) is 4.44. The Morgan fingerprint density at radius 2 is 1.62 bits per heavy atom. The van der Waals surface area contributed by atoms with Gasteiger partial charge in [0.05, 0.1) is 5.54 Å². The molecule has 2 heterocycles. The smallest absolute Gasteiger partial charge is 0.0560 e. The summed E-state index contributed by atoms with van der Waals surface area (Å²) < 4.78 is 0. The molecule has 46 valence electrons. The Bertz CT molecular complexity index is 89.8. The van der Waals surface area contributed by atoms with Gasteiger partial charge in [-0.25, -0.2) is 0 Å². The third-order valence-corrected chi connectivity index (χ3v) is 1.85. The molecule has 8 heavy (non-hydrogen) atoms. The summed E-state index contributed by atoms with van der Waals surface area (Å²) in [4.78, 5) is 0. The van der Waals surface area contributed by atoms with Crippen LogP contribution in [0.3, 0.4) is 0 Å². The molecule has 0 amide bonds. The first-order chi connectivity index (χ1) is 3.91. The maximum absolute atomic E-state index is 3.32. The van der Waals surface area contributed by atoms with Gasteiger partial charge in [-0.2, -0.15) is 0 Å². The minimum Gasteiger partial charge on any atom is -0.306 e. The first kappa shape index (κ1) is 4.73. The highest BCUT2D eigenvalue weighted by atomic mass is 15.3. The molecule has 0 aromatic heterocycles. The maximum atomic E-state index is 3.32. The van der Waals surface area contributed by atoms with Crippen LogP contribution in [0.1, 0.15) is 0 Å². The summed E-state index contributed by atoms with van der Waals surface area (Å²) in [6.07, 6.45) is 0. The predicted octanol–water partition coefficient (Wildman–Crippen LogP) is -1.52. The predicted molar refractivity (Wildman–Crippen MR) is 31.6 cm³/mol. The van der Waals surface area contributed by atoms with Crippen molar-refractivity contribution in [3.05, 3.63) is 0 Å². The van der Waals surface area contributed by atoms with E-state index in [4.69, 9.17) is 0 Å². The molecule has 3 heteroatoms. The second kappa shape index (κ2) is 1.43. The van der Waals surface area contributed by atoms with Crippen molar-refractivity contribution in [2.45, 2.75) is 5.54 Å². The van der Waals surface area contributed by atoms with Crippen LogP contribution in [-0.2, 0) is 0 Å². The van der Waals surface area contributed by atoms with Gasteiger partial charge in [0.2, 0.25) is 0 Å². The summed E-state index contributed by atoms with van der Waals surface area (Å²) in [5.41, 5.74) is 0.457. The van der Waals surface area contributed by atoms with Crippen LogP contribution in [0.2, 0.25) is 0 Å². The minimum absolute atomic E-state index is 0.457. The molecule has 0 radical (unpaired) electrons. The van der Waals surface area contributed by atoms with Gasteiger partial charge in [-0.3, -0.25) is 0 Å². The number of hydrogen-bond acceptors (Lipinski definition) is 3. The van der Waals surface area contributed by atoms with E-state index in [9.17, 15) is 0 Å². The molecular formula is C5H11N3. The second-order valence-corrected chi connectivity index (χ2v) is 2.66. The lowest BCUT2D eigenvalue weighted by atomic mass is 10.1. The maximum Gasteiger partial charge on any atom is 0.0560 e. The van der Waals surface area contributed by atoms with E-state index in [1.54, 1.807) is 0 Å². The van der Waals surface area contributed by atoms with E-state index < -0.39 is 0 Å². The van der Waals surface area contributed by atoms with Crippen LogP contribution < -0.4 is 16.0 Å². The van der Waals surface area contributed by atoms with E-state index >= 15 is 0 Å². The van der Waals surface area contributed by atoms with Gasteiger partial charge in [0.15, 0.2) is 0 Å². The molecule has 2 aliphatic heterocycles. The Morgan fingerprint density at radius 3 is 2.00 bits per heavy atom. The molecule has 0 saturated carbocycles. The molecule has 1 spiro atoms. The normalized spacial score (nSPS) is 33.0. The Kier molecular flexibility index (Phi) is 0.848. The van der Waals surface area contributed by atoms with Crippen molar-refractivity contribution in [3.63, 3.8) is 0 Å². The van der Waals surface area contributed by atoms with Crippen LogP contribution in [0.25, 0.3) is 0 Å². The van der Waals surface area contributed by atoms with E-state index in [-0.39, 0.29) is 0 Å². The lowest BCUT2D eigenvalue weighted by Gasteiger charge is -2.21. The fraction of sp³-hybridized carbons (Fsp3) is 1.00. The quantitative estimate of drug-likeness (QED) is 0.334. The van der Waals surface area contributed by atoms with Gasteiger partial charge in [-0.15, -0.1) is 0 Å². The van der Waals surface area contributed by atoms with Crippen molar-refractivity contribution in [1.29, 1.82) is 0 Å². The van der Waals surface area contributed by atoms with Gasteiger partial charge in [-0.05, 0) is 0 Å². The van der Waals surface area contributed by atoms with Gasteiger partial charge < -0.3 is 16.0 Å². The van der Waals surface area contributed by atoms with Gasteiger partial charge in [0.25, 0.3) is 0 Å². The van der Waals surface area contributed by atoms with E-state index in [1.807, 2.05) is 0 Å². The van der Waals surface area contributed by atoms with Crippen LogP contribution in [0.4, 0.5) is 0 Å². The van der Waals surface area contributed by atoms with Gasteiger partial charge >= 0.3 is 0 Å². The minimum atomic E-state index is 0.457. The highest BCUT2D eigenvalue weighted by molar-refractivity contribution is 5.08. The van der Waals surface area contributed by atoms with Crippen molar-refractivity contribution in [2.24, 2.45) is 0 Å². The number of rotatable bonds is 0. The summed E-state index contributed by atoms with van der Waals surface area (Å²) >= 11 is 0. The third kappa shape index (κ3) is 0.632. The topological polar surface area (TPSA) is 46.0 Å². The van der Waals surface area contributed by atoms with E-state index in [1.165, 1.54) is 6.54 Å². The van der Waals surface area contributed by atoms with Crippen molar-refractivity contribution < 1.29 is 0 Å². The molecule has 2 rings (SSSR count). The van der Waals surface area contributed by atoms with E-state index in [0.717, 1.165) is 19.8 Å². The molecular weight excluding hydrogens is 102 g/mol. The molecule has 0 aromatic rings. The van der Waals surface area contributed by atoms with Gasteiger partial charge in [0, 0.05) is 26.3 Å². The average Bonchev–Trinajstić information content (AvgIpc) is 2.52. The second-order valence-electron chi connectivity index (χ2n) is 2.66. The molecule has 3 nitrogen and oxygen atoms in total. The van der Waals surface area contributed by atoms with Crippen LogP contribution in [0.15, 0.2) is 0 Å². The van der Waals surface area contributed by atoms with Crippen molar-refractivity contribution >= 4 is 0 Å². The lowest BCUT2D eigenvalue weighted by molar-refractivity contribution is 0.419. The molecule has 2 saturated heterocycles. The SMILES string of the molecule is C1NCC2(CN1)CN2. The van der Waals surface area contributed by atoms with Crippen LogP contribution in [0.5, 0.6) is 0 Å². The van der Waals surface area contributed by atoms with Gasteiger partial charge in [0.1, 0.15) is 0 Å². The fourth-order valence-electron chi connectivity index (χ4n) is 1.13. The zero-order chi connectivity index (χ0) is 5.45. The van der Waals surface area contributed by atoms with Crippen molar-refractivity contribution in [2.75, 3.05) is 26.3 Å². The zero-order valence-corrected chi connectivity index (χ0v) is 4.83. The Labute approximate surface area is 48.8 Å². The number of nitrogens with one attached hydrogen (secondary N) is 3. The molecule has 2 fully saturated rings. The largest absolute Gasteiger partial charge is 0.306 e. The molecule has 0 bridgehead atoms. The monoisotopic (exact) mass is 113 g/mol. The zero-order valence-electron chi connectivity index (χ0n) is 4.83. The highest BCUT2D eigenvalue weighted by Crippen LogP contribution is 2.15. The first-order valence-electron chi connectivity index (χ1n) is 3.08. The van der Waals surface area contributed by atoms with Crippen molar-refractivity contribution in [1.82, 2.24) is 16.0 Å². The standard InChI is InChI=1S/C5H11N3/c1-5(3-8-5)2-7-4-6-1/h6-8H,1-4H2. The Hall–Kier alpha value is -0.120. The summed E-state index contributed by atoms with van der Waals surface area (Å²) in [5, 5.41) is 9.85. The summed E-state index contributed by atoms with van der Waals surface area (Å²) in [6, 6.07) is 0. The fourth-order valence-corrected chi connectivity index (χ4v) is 1.13. The average molecular weight is 113 g/mol. The molecule has 3 N–H and O–H groups in total. The van der Waals surface area contributed by atoms with Crippen LogP contribution >= 0.6 is 0 Å². The Morgan fingerprint density at radius 1 is 1.00 bits per heavy atom. The van der Waals surface area contributed by atoms with Crippen LogP contribution in [0, 0.1) is 0 Å². The number of hydrogen-bond donors (Lipinski definition) is 3. The van der Waals surface area contributed by atoms with Crippen molar-refractivity contribution in [3.8, 4) is 0 Å². The molecule has 0 unspecified atom stereocenters. The first-order valence-corrected chi connectivity index (χ1v) is 3.08. The van der Waals surface area contributed by atoms with E-state index in [2.05, 4.69) is 16.0 Å². The Balaban J connectivity index is 1.95. The van der Waals surface area contributed by atoms with E-state index in [0.29, 0.717) is 5.54 Å². The molecule has 0 atom stereocenters. The molecule has 2 aliphatic rings. The summed E-state index contributed by atoms with van der Waals surface area (Å²) in [7, 11) is 0. The van der Waals surface area contributed by atoms with Gasteiger partial charge in [-0.1, -0.05) is 0 Å².